The second-order valence-corrected chi connectivity index (χ2v) is 3.90. The number of nitro groups is 1. The van der Waals surface area contributed by atoms with Crippen LogP contribution in [0, 0.1) is 22.9 Å². The molecule has 18 heavy (non-hydrogen) atoms. The summed E-state index contributed by atoms with van der Waals surface area (Å²) in [6, 6.07) is 2.03. The van der Waals surface area contributed by atoms with Crippen molar-refractivity contribution in [2.45, 2.75) is 6.92 Å². The first kappa shape index (κ1) is 14.0. The summed E-state index contributed by atoms with van der Waals surface area (Å²) >= 11 is 0. The molecule has 0 radical (unpaired) electrons. The molecule has 0 spiro atoms. The van der Waals surface area contributed by atoms with E-state index in [4.69, 9.17) is 5.73 Å². The normalized spacial score (nSPS) is 10.2. The van der Waals surface area contributed by atoms with Crippen LogP contribution in [0.1, 0.15) is 15.9 Å². The first-order valence-corrected chi connectivity index (χ1v) is 5.28. The van der Waals surface area contributed by atoms with Crippen LogP contribution in [0.15, 0.2) is 12.1 Å². The summed E-state index contributed by atoms with van der Waals surface area (Å²) in [4.78, 5) is 23.1. The zero-order chi connectivity index (χ0) is 13.9. The van der Waals surface area contributed by atoms with Crippen molar-refractivity contribution in [3.63, 3.8) is 0 Å². The van der Waals surface area contributed by atoms with Crippen molar-refractivity contribution in [3.8, 4) is 0 Å². The van der Waals surface area contributed by atoms with Crippen LogP contribution in [-0.4, -0.2) is 35.9 Å². The number of hydrogen-bond acceptors (Lipinski definition) is 4. The Bertz CT molecular complexity index is 491. The summed E-state index contributed by atoms with van der Waals surface area (Å²) in [5.74, 6) is -1.36. The molecule has 0 unspecified atom stereocenters. The minimum absolute atomic E-state index is 0.0636. The average Bonchev–Trinajstić information content (AvgIpc) is 2.31. The van der Waals surface area contributed by atoms with Gasteiger partial charge in [0.2, 0.25) is 0 Å². The molecule has 0 aromatic heterocycles. The Morgan fingerprint density at radius 1 is 1.56 bits per heavy atom. The summed E-state index contributed by atoms with van der Waals surface area (Å²) in [5.41, 5.74) is 4.74. The number of non-ortho nitro benzene ring substituents is 1. The molecule has 1 aromatic rings. The molecular formula is C11H14FN3O3. The minimum Gasteiger partial charge on any atom is -0.340 e. The molecule has 0 fully saturated rings. The maximum Gasteiger partial charge on any atom is 0.270 e. The molecule has 0 heterocycles. The van der Waals surface area contributed by atoms with Crippen LogP contribution < -0.4 is 5.73 Å². The van der Waals surface area contributed by atoms with E-state index in [1.807, 2.05) is 0 Å². The first-order valence-electron chi connectivity index (χ1n) is 5.28. The van der Waals surface area contributed by atoms with Gasteiger partial charge in [-0.2, -0.15) is 0 Å². The fourth-order valence-corrected chi connectivity index (χ4v) is 1.51. The Labute approximate surface area is 103 Å². The van der Waals surface area contributed by atoms with E-state index in [1.165, 1.54) is 18.9 Å². The Morgan fingerprint density at radius 2 is 2.17 bits per heavy atom. The molecule has 0 aliphatic heterocycles. The van der Waals surface area contributed by atoms with E-state index in [1.54, 1.807) is 0 Å². The highest BCUT2D eigenvalue weighted by Crippen LogP contribution is 2.21. The van der Waals surface area contributed by atoms with Gasteiger partial charge in [0, 0.05) is 32.3 Å². The third-order valence-electron chi connectivity index (χ3n) is 2.49. The third kappa shape index (κ3) is 2.80. The maximum atomic E-state index is 13.8. The second-order valence-electron chi connectivity index (χ2n) is 3.90. The number of nitro benzene ring substituents is 1. The fraction of sp³-hybridized carbons (Fsp3) is 0.364. The zero-order valence-corrected chi connectivity index (χ0v) is 10.1. The Kier molecular flexibility index (Phi) is 4.33. The largest absolute Gasteiger partial charge is 0.340 e. The SMILES string of the molecule is Cc1cc([N+](=O)[O-])cc(C(=O)N(C)CCN)c1F. The lowest BCUT2D eigenvalue weighted by atomic mass is 10.1. The number of hydrogen-bond donors (Lipinski definition) is 1. The van der Waals surface area contributed by atoms with Gasteiger partial charge in [0.05, 0.1) is 10.5 Å². The lowest BCUT2D eigenvalue weighted by Gasteiger charge is -2.16. The van der Waals surface area contributed by atoms with Gasteiger partial charge in [0.15, 0.2) is 0 Å². The first-order chi connectivity index (χ1) is 8.38. The smallest absolute Gasteiger partial charge is 0.270 e. The van der Waals surface area contributed by atoms with Crippen molar-refractivity contribution in [2.24, 2.45) is 5.73 Å². The molecule has 7 heteroatoms. The van der Waals surface area contributed by atoms with Gasteiger partial charge in [-0.3, -0.25) is 14.9 Å². The van der Waals surface area contributed by atoms with Gasteiger partial charge in [-0.1, -0.05) is 0 Å². The minimum atomic E-state index is -0.741. The number of nitrogens with zero attached hydrogens (tertiary/aromatic N) is 2. The Morgan fingerprint density at radius 3 is 2.67 bits per heavy atom. The number of benzene rings is 1. The standard InChI is InChI=1S/C11H14FN3O3/c1-7-5-8(15(17)18)6-9(10(7)12)11(16)14(2)4-3-13/h5-6H,3-4,13H2,1-2H3. The second kappa shape index (κ2) is 5.54. The molecule has 98 valence electrons. The number of nitrogens with two attached hydrogens (primary N) is 1. The highest BCUT2D eigenvalue weighted by Gasteiger charge is 2.21. The number of carbonyl (C=O) groups is 1. The van der Waals surface area contributed by atoms with Crippen molar-refractivity contribution in [1.82, 2.24) is 4.90 Å². The van der Waals surface area contributed by atoms with Gasteiger partial charge in [-0.25, -0.2) is 4.39 Å². The highest BCUT2D eigenvalue weighted by molar-refractivity contribution is 5.95. The molecule has 6 nitrogen and oxygen atoms in total. The lowest BCUT2D eigenvalue weighted by molar-refractivity contribution is -0.385. The van der Waals surface area contributed by atoms with Crippen molar-refractivity contribution < 1.29 is 14.1 Å². The third-order valence-corrected chi connectivity index (χ3v) is 2.49. The van der Waals surface area contributed by atoms with E-state index >= 15 is 0 Å². The van der Waals surface area contributed by atoms with Crippen LogP contribution >= 0.6 is 0 Å². The van der Waals surface area contributed by atoms with Crippen LogP contribution in [0.5, 0.6) is 0 Å². The zero-order valence-electron chi connectivity index (χ0n) is 10.1. The van der Waals surface area contributed by atoms with E-state index in [-0.39, 0.29) is 29.9 Å². The molecule has 2 N–H and O–H groups in total. The lowest BCUT2D eigenvalue weighted by Crippen LogP contribution is -2.32. The molecule has 0 atom stereocenters. The quantitative estimate of drug-likeness (QED) is 0.643. The van der Waals surface area contributed by atoms with E-state index in [0.717, 1.165) is 12.1 Å². The molecule has 1 amide bonds. The van der Waals surface area contributed by atoms with E-state index in [2.05, 4.69) is 0 Å². The van der Waals surface area contributed by atoms with E-state index in [0.29, 0.717) is 0 Å². The van der Waals surface area contributed by atoms with E-state index in [9.17, 15) is 19.3 Å². The number of carbonyl (C=O) groups excluding carboxylic acids is 1. The average molecular weight is 255 g/mol. The Hall–Kier alpha value is -2.02. The van der Waals surface area contributed by atoms with E-state index < -0.39 is 16.6 Å². The van der Waals surface area contributed by atoms with Gasteiger partial charge in [-0.15, -0.1) is 0 Å². The van der Waals surface area contributed by atoms with Crippen LogP contribution in [0.4, 0.5) is 10.1 Å². The monoisotopic (exact) mass is 255 g/mol. The van der Waals surface area contributed by atoms with Gasteiger partial charge in [0.25, 0.3) is 11.6 Å². The van der Waals surface area contributed by atoms with Crippen LogP contribution in [0.25, 0.3) is 0 Å². The molecule has 0 saturated carbocycles. The van der Waals surface area contributed by atoms with Gasteiger partial charge < -0.3 is 10.6 Å². The molecule has 1 aromatic carbocycles. The summed E-state index contributed by atoms with van der Waals surface area (Å²) < 4.78 is 13.8. The fourth-order valence-electron chi connectivity index (χ4n) is 1.51. The summed E-state index contributed by atoms with van der Waals surface area (Å²) in [6.07, 6.45) is 0. The number of aryl methyl sites for hydroxylation is 1. The van der Waals surface area contributed by atoms with Gasteiger partial charge in [-0.05, 0) is 12.5 Å². The molecule has 0 saturated heterocycles. The van der Waals surface area contributed by atoms with Crippen LogP contribution in [0.2, 0.25) is 0 Å². The topological polar surface area (TPSA) is 89.5 Å². The van der Waals surface area contributed by atoms with Crippen LogP contribution in [-0.2, 0) is 0 Å². The Balaban J connectivity index is 3.22. The van der Waals surface area contributed by atoms with Crippen LogP contribution in [0.3, 0.4) is 0 Å². The molecule has 1 rings (SSSR count). The van der Waals surface area contributed by atoms with Gasteiger partial charge in [0.1, 0.15) is 5.82 Å². The molecular weight excluding hydrogens is 241 g/mol. The number of likely N-dealkylation sites (N-methyl/N-ethyl adjacent to an activating group) is 1. The number of halogens is 1. The summed E-state index contributed by atoms with van der Waals surface area (Å²) in [7, 11) is 1.46. The van der Waals surface area contributed by atoms with Gasteiger partial charge >= 0.3 is 0 Å². The van der Waals surface area contributed by atoms with Crippen molar-refractivity contribution in [1.29, 1.82) is 0 Å². The highest BCUT2D eigenvalue weighted by atomic mass is 19.1. The molecule has 0 aliphatic rings. The summed E-state index contributed by atoms with van der Waals surface area (Å²) in [6.45, 7) is 1.86. The predicted octanol–water partition coefficient (Wildman–Crippen LogP) is 1.07. The number of amides is 1. The number of rotatable bonds is 4. The summed E-state index contributed by atoms with van der Waals surface area (Å²) in [5, 5.41) is 10.7. The van der Waals surface area contributed by atoms with Crippen molar-refractivity contribution in [3.05, 3.63) is 39.2 Å². The van der Waals surface area contributed by atoms with Crippen molar-refractivity contribution >= 4 is 11.6 Å². The molecule has 0 aliphatic carbocycles. The predicted molar refractivity (Wildman–Crippen MR) is 63.8 cm³/mol. The molecule has 0 bridgehead atoms. The van der Waals surface area contributed by atoms with Crippen molar-refractivity contribution in [2.75, 3.05) is 20.1 Å². The maximum absolute atomic E-state index is 13.8.